The number of nitrogens with two attached hydrogens (primary N) is 1. The van der Waals surface area contributed by atoms with Crippen molar-refractivity contribution in [3.8, 4) is 0 Å². The lowest BCUT2D eigenvalue weighted by atomic mass is 10.0. The molecule has 84 valence electrons. The molecule has 1 aromatic heterocycles. The van der Waals surface area contributed by atoms with E-state index in [0.29, 0.717) is 0 Å². The number of aryl methyl sites for hydroxylation is 1. The van der Waals surface area contributed by atoms with E-state index in [1.807, 2.05) is 31.2 Å². The summed E-state index contributed by atoms with van der Waals surface area (Å²) in [6, 6.07) is 7.53. The predicted octanol–water partition coefficient (Wildman–Crippen LogP) is 2.68. The van der Waals surface area contributed by atoms with Crippen molar-refractivity contribution in [1.82, 2.24) is 0 Å². The van der Waals surface area contributed by atoms with E-state index in [0.717, 1.165) is 20.5 Å². The minimum atomic E-state index is -0.859. The van der Waals surface area contributed by atoms with Gasteiger partial charge in [0.15, 0.2) is 0 Å². The topological polar surface area (TPSA) is 63.3 Å². The van der Waals surface area contributed by atoms with Crippen LogP contribution in [0.1, 0.15) is 22.9 Å². The fourth-order valence-electron chi connectivity index (χ4n) is 1.94. The van der Waals surface area contributed by atoms with Gasteiger partial charge < -0.3 is 10.8 Å². The van der Waals surface area contributed by atoms with E-state index in [4.69, 9.17) is 10.8 Å². The van der Waals surface area contributed by atoms with Crippen molar-refractivity contribution in [3.05, 3.63) is 34.7 Å². The molecule has 0 saturated carbocycles. The molecule has 3 nitrogen and oxygen atoms in total. The Kier molecular flexibility index (Phi) is 2.94. The third-order valence-corrected chi connectivity index (χ3v) is 3.69. The Morgan fingerprint density at radius 2 is 2.19 bits per heavy atom. The lowest BCUT2D eigenvalue weighted by Gasteiger charge is -2.09. The monoisotopic (exact) mass is 235 g/mol. The first-order chi connectivity index (χ1) is 7.59. The van der Waals surface area contributed by atoms with Gasteiger partial charge in [-0.25, -0.2) is 0 Å². The van der Waals surface area contributed by atoms with Crippen LogP contribution in [0, 0.1) is 6.92 Å². The van der Waals surface area contributed by atoms with Crippen molar-refractivity contribution >= 4 is 27.4 Å². The maximum atomic E-state index is 10.7. The van der Waals surface area contributed by atoms with Crippen molar-refractivity contribution < 1.29 is 9.90 Å². The molecule has 16 heavy (non-hydrogen) atoms. The second kappa shape index (κ2) is 4.23. The molecule has 4 heteroatoms. The number of aliphatic carboxylic acids is 1. The highest BCUT2D eigenvalue weighted by Crippen LogP contribution is 2.34. The van der Waals surface area contributed by atoms with Crippen molar-refractivity contribution in [1.29, 1.82) is 0 Å². The van der Waals surface area contributed by atoms with Crippen molar-refractivity contribution in [2.45, 2.75) is 19.4 Å². The number of carbonyl (C=O) groups is 1. The summed E-state index contributed by atoms with van der Waals surface area (Å²) in [6.45, 7) is 1.99. The third-order valence-electron chi connectivity index (χ3n) is 2.58. The predicted molar refractivity (Wildman–Crippen MR) is 65.7 cm³/mol. The van der Waals surface area contributed by atoms with Crippen LogP contribution in [0.15, 0.2) is 24.3 Å². The quantitative estimate of drug-likeness (QED) is 0.859. The molecule has 1 aromatic carbocycles. The van der Waals surface area contributed by atoms with Gasteiger partial charge in [0.05, 0.1) is 6.42 Å². The molecular formula is C12H13NO2S. The highest BCUT2D eigenvalue weighted by molar-refractivity contribution is 7.19. The summed E-state index contributed by atoms with van der Waals surface area (Å²) in [7, 11) is 0. The average Bonchev–Trinajstić information content (AvgIpc) is 2.52. The van der Waals surface area contributed by atoms with Crippen LogP contribution in [0.5, 0.6) is 0 Å². The summed E-state index contributed by atoms with van der Waals surface area (Å²) in [4.78, 5) is 11.8. The summed E-state index contributed by atoms with van der Waals surface area (Å²) in [5.41, 5.74) is 6.91. The molecule has 1 heterocycles. The van der Waals surface area contributed by atoms with E-state index in [1.54, 1.807) is 11.3 Å². The van der Waals surface area contributed by atoms with E-state index < -0.39 is 12.0 Å². The maximum Gasteiger partial charge on any atom is 0.305 e. The van der Waals surface area contributed by atoms with Gasteiger partial charge in [-0.1, -0.05) is 18.2 Å². The van der Waals surface area contributed by atoms with Gasteiger partial charge >= 0.3 is 5.97 Å². The third kappa shape index (κ3) is 1.94. The largest absolute Gasteiger partial charge is 0.481 e. The van der Waals surface area contributed by atoms with Crippen LogP contribution >= 0.6 is 11.3 Å². The normalized spacial score (nSPS) is 12.9. The molecule has 0 bridgehead atoms. The second-order valence-corrected chi connectivity index (χ2v) is 5.03. The van der Waals surface area contributed by atoms with Gasteiger partial charge in [-0.3, -0.25) is 4.79 Å². The van der Waals surface area contributed by atoms with Crippen LogP contribution < -0.4 is 5.73 Å². The highest BCUT2D eigenvalue weighted by atomic mass is 32.1. The van der Waals surface area contributed by atoms with Gasteiger partial charge in [0, 0.05) is 15.6 Å². The number of rotatable bonds is 3. The van der Waals surface area contributed by atoms with Gasteiger partial charge in [-0.05, 0) is 23.9 Å². The zero-order valence-electron chi connectivity index (χ0n) is 8.93. The number of benzene rings is 1. The Hall–Kier alpha value is -1.39. The van der Waals surface area contributed by atoms with E-state index in [-0.39, 0.29) is 6.42 Å². The SMILES string of the molecule is Cc1sc2ccccc2c1C(N)CC(=O)O. The van der Waals surface area contributed by atoms with E-state index in [9.17, 15) is 4.79 Å². The van der Waals surface area contributed by atoms with Crippen LogP contribution in [-0.4, -0.2) is 11.1 Å². The molecule has 0 aliphatic carbocycles. The molecule has 1 atom stereocenters. The van der Waals surface area contributed by atoms with Crippen LogP contribution in [0.3, 0.4) is 0 Å². The molecule has 1 unspecified atom stereocenters. The number of fused-ring (bicyclic) bond motifs is 1. The number of hydrogen-bond acceptors (Lipinski definition) is 3. The summed E-state index contributed by atoms with van der Waals surface area (Å²) >= 11 is 1.66. The minimum Gasteiger partial charge on any atom is -0.481 e. The van der Waals surface area contributed by atoms with E-state index in [1.165, 1.54) is 0 Å². The molecule has 0 saturated heterocycles. The molecule has 0 spiro atoms. The summed E-state index contributed by atoms with van der Waals surface area (Å²) < 4.78 is 1.16. The van der Waals surface area contributed by atoms with E-state index >= 15 is 0 Å². The summed E-state index contributed by atoms with van der Waals surface area (Å²) in [6.07, 6.45) is -0.0262. The average molecular weight is 235 g/mol. The molecule has 0 radical (unpaired) electrons. The molecular weight excluding hydrogens is 222 g/mol. The number of carboxylic acid groups (broad SMARTS) is 1. The highest BCUT2D eigenvalue weighted by Gasteiger charge is 2.17. The van der Waals surface area contributed by atoms with E-state index in [2.05, 4.69) is 0 Å². The summed E-state index contributed by atoms with van der Waals surface area (Å²) in [5.74, 6) is -0.859. The van der Waals surface area contributed by atoms with Gasteiger partial charge in [0.25, 0.3) is 0 Å². The van der Waals surface area contributed by atoms with Crippen LogP contribution in [0.4, 0.5) is 0 Å². The smallest absolute Gasteiger partial charge is 0.305 e. The van der Waals surface area contributed by atoms with Gasteiger partial charge in [-0.2, -0.15) is 0 Å². The molecule has 0 amide bonds. The second-order valence-electron chi connectivity index (χ2n) is 3.77. The number of thiophene rings is 1. The van der Waals surface area contributed by atoms with Crippen LogP contribution in [-0.2, 0) is 4.79 Å². The van der Waals surface area contributed by atoms with Crippen molar-refractivity contribution in [3.63, 3.8) is 0 Å². The Morgan fingerprint density at radius 3 is 2.88 bits per heavy atom. The number of hydrogen-bond donors (Lipinski definition) is 2. The standard InChI is InChI=1S/C12H13NO2S/c1-7-12(9(13)6-11(14)15)8-4-2-3-5-10(8)16-7/h2-5,9H,6,13H2,1H3,(H,14,15). The molecule has 3 N–H and O–H groups in total. The van der Waals surface area contributed by atoms with Gasteiger partial charge in [-0.15, -0.1) is 11.3 Å². The van der Waals surface area contributed by atoms with Crippen LogP contribution in [0.2, 0.25) is 0 Å². The first-order valence-corrected chi connectivity index (χ1v) is 5.86. The molecule has 2 aromatic rings. The number of carboxylic acids is 1. The Labute approximate surface area is 97.5 Å². The first-order valence-electron chi connectivity index (χ1n) is 5.05. The van der Waals surface area contributed by atoms with Gasteiger partial charge in [0.1, 0.15) is 0 Å². The minimum absolute atomic E-state index is 0.0262. The summed E-state index contributed by atoms with van der Waals surface area (Å²) in [5, 5.41) is 9.85. The maximum absolute atomic E-state index is 10.7. The molecule has 0 fully saturated rings. The van der Waals surface area contributed by atoms with Crippen LogP contribution in [0.25, 0.3) is 10.1 Å². The van der Waals surface area contributed by atoms with Crippen molar-refractivity contribution in [2.75, 3.05) is 0 Å². The lowest BCUT2D eigenvalue weighted by Crippen LogP contribution is -2.15. The molecule has 2 rings (SSSR count). The fraction of sp³-hybridized carbons (Fsp3) is 0.250. The van der Waals surface area contributed by atoms with Crippen molar-refractivity contribution in [2.24, 2.45) is 5.73 Å². The molecule has 0 aliphatic heterocycles. The Bertz CT molecular complexity index is 533. The molecule has 0 aliphatic rings. The zero-order valence-corrected chi connectivity index (χ0v) is 9.75. The Balaban J connectivity index is 2.50. The zero-order chi connectivity index (χ0) is 11.7. The first kappa shape index (κ1) is 11.1. The lowest BCUT2D eigenvalue weighted by molar-refractivity contribution is -0.137. The van der Waals surface area contributed by atoms with Gasteiger partial charge in [0.2, 0.25) is 0 Å². The Morgan fingerprint density at radius 1 is 1.50 bits per heavy atom. The fourth-order valence-corrected chi connectivity index (χ4v) is 3.07.